The number of benzene rings is 3. The Bertz CT molecular complexity index is 1070. The van der Waals surface area contributed by atoms with E-state index in [1.807, 2.05) is 49.4 Å². The summed E-state index contributed by atoms with van der Waals surface area (Å²) in [7, 11) is 0. The Labute approximate surface area is 169 Å². The van der Waals surface area contributed by atoms with Crippen LogP contribution in [-0.4, -0.2) is 27.4 Å². The van der Waals surface area contributed by atoms with E-state index in [4.69, 9.17) is 0 Å². The maximum Gasteiger partial charge on any atom is 0.242 e. The first kappa shape index (κ1) is 18.4. The number of nitrogens with zero attached hydrogens (tertiary/aromatic N) is 3. The SMILES string of the molecule is Cc1ccc(/C=N\N=C2\S[C@H](C)C(=O)N2Cc2cccc3ccccc23)cc1. The van der Waals surface area contributed by atoms with Crippen LogP contribution in [0.1, 0.15) is 23.6 Å². The fourth-order valence-corrected chi connectivity index (χ4v) is 4.13. The van der Waals surface area contributed by atoms with Crippen LogP contribution in [0.25, 0.3) is 10.8 Å². The van der Waals surface area contributed by atoms with Gasteiger partial charge in [-0.2, -0.15) is 5.10 Å². The van der Waals surface area contributed by atoms with Crippen molar-refractivity contribution in [2.45, 2.75) is 25.6 Å². The number of hydrogen-bond acceptors (Lipinski definition) is 4. The van der Waals surface area contributed by atoms with Crippen LogP contribution in [0.15, 0.2) is 76.9 Å². The monoisotopic (exact) mass is 387 g/mol. The van der Waals surface area contributed by atoms with Crippen molar-refractivity contribution >= 4 is 39.8 Å². The van der Waals surface area contributed by atoms with Gasteiger partial charge in [-0.1, -0.05) is 84.1 Å². The summed E-state index contributed by atoms with van der Waals surface area (Å²) in [4.78, 5) is 14.4. The normalized spacial score (nSPS) is 18.6. The summed E-state index contributed by atoms with van der Waals surface area (Å²) in [5.74, 6) is 0.0715. The van der Waals surface area contributed by atoms with Gasteiger partial charge in [-0.3, -0.25) is 9.69 Å². The fraction of sp³-hybridized carbons (Fsp3) is 0.174. The lowest BCUT2D eigenvalue weighted by Gasteiger charge is -2.17. The van der Waals surface area contributed by atoms with Crippen LogP contribution in [0.5, 0.6) is 0 Å². The number of hydrogen-bond donors (Lipinski definition) is 0. The van der Waals surface area contributed by atoms with Gasteiger partial charge in [0.25, 0.3) is 0 Å². The molecular weight excluding hydrogens is 366 g/mol. The van der Waals surface area contributed by atoms with E-state index in [9.17, 15) is 4.79 Å². The molecule has 0 aliphatic carbocycles. The molecule has 1 amide bonds. The lowest BCUT2D eigenvalue weighted by Crippen LogP contribution is -2.30. The lowest BCUT2D eigenvalue weighted by atomic mass is 10.0. The highest BCUT2D eigenvalue weighted by Gasteiger charge is 2.35. The van der Waals surface area contributed by atoms with Gasteiger partial charge >= 0.3 is 0 Å². The zero-order valence-electron chi connectivity index (χ0n) is 15.9. The largest absolute Gasteiger partial charge is 0.284 e. The quantitative estimate of drug-likeness (QED) is 0.467. The highest BCUT2D eigenvalue weighted by Crippen LogP contribution is 2.30. The molecule has 3 aromatic carbocycles. The third-order valence-corrected chi connectivity index (χ3v) is 5.83. The third kappa shape index (κ3) is 3.85. The summed E-state index contributed by atoms with van der Waals surface area (Å²) >= 11 is 1.46. The van der Waals surface area contributed by atoms with Crippen molar-refractivity contribution in [2.24, 2.45) is 10.2 Å². The van der Waals surface area contributed by atoms with Gasteiger partial charge in [-0.05, 0) is 35.7 Å². The van der Waals surface area contributed by atoms with E-state index in [-0.39, 0.29) is 11.2 Å². The molecule has 0 saturated carbocycles. The molecule has 0 bridgehead atoms. The minimum absolute atomic E-state index is 0.0715. The van der Waals surface area contributed by atoms with Crippen molar-refractivity contribution in [1.82, 2.24) is 4.90 Å². The maximum atomic E-state index is 12.7. The highest BCUT2D eigenvalue weighted by molar-refractivity contribution is 8.15. The van der Waals surface area contributed by atoms with Crippen LogP contribution in [0, 0.1) is 6.92 Å². The van der Waals surface area contributed by atoms with E-state index in [0.29, 0.717) is 11.7 Å². The predicted molar refractivity (Wildman–Crippen MR) is 118 cm³/mol. The predicted octanol–water partition coefficient (Wildman–Crippen LogP) is 5.00. The first-order valence-electron chi connectivity index (χ1n) is 9.24. The van der Waals surface area contributed by atoms with Gasteiger partial charge in [0.15, 0.2) is 5.17 Å². The molecule has 28 heavy (non-hydrogen) atoms. The van der Waals surface area contributed by atoms with Gasteiger partial charge in [0.05, 0.1) is 18.0 Å². The maximum absolute atomic E-state index is 12.7. The Morgan fingerprint density at radius 1 is 1.04 bits per heavy atom. The average molecular weight is 388 g/mol. The Hall–Kier alpha value is -2.92. The van der Waals surface area contributed by atoms with Gasteiger partial charge in [0.2, 0.25) is 5.91 Å². The topological polar surface area (TPSA) is 45.0 Å². The Morgan fingerprint density at radius 3 is 2.61 bits per heavy atom. The smallest absolute Gasteiger partial charge is 0.242 e. The van der Waals surface area contributed by atoms with Crippen molar-refractivity contribution in [3.05, 3.63) is 83.4 Å². The molecule has 4 nitrogen and oxygen atoms in total. The molecule has 1 aliphatic rings. The fourth-order valence-electron chi connectivity index (χ4n) is 3.21. The van der Waals surface area contributed by atoms with Crippen molar-refractivity contribution in [1.29, 1.82) is 0 Å². The number of carbonyl (C=O) groups is 1. The number of amides is 1. The third-order valence-electron chi connectivity index (χ3n) is 4.76. The number of amidine groups is 1. The van der Waals surface area contributed by atoms with Crippen molar-refractivity contribution in [2.75, 3.05) is 0 Å². The summed E-state index contributed by atoms with van der Waals surface area (Å²) in [5.41, 5.74) is 3.30. The Morgan fingerprint density at radius 2 is 1.79 bits per heavy atom. The van der Waals surface area contributed by atoms with Crippen LogP contribution in [0.2, 0.25) is 0 Å². The molecule has 3 aromatic rings. The van der Waals surface area contributed by atoms with Crippen LogP contribution >= 0.6 is 11.8 Å². The molecule has 1 fully saturated rings. The molecule has 1 heterocycles. The summed E-state index contributed by atoms with van der Waals surface area (Å²) in [6.07, 6.45) is 1.72. The van der Waals surface area contributed by atoms with Crippen molar-refractivity contribution in [3.8, 4) is 0 Å². The molecule has 0 spiro atoms. The van der Waals surface area contributed by atoms with Crippen LogP contribution in [0.3, 0.4) is 0 Å². The second-order valence-corrected chi connectivity index (χ2v) is 8.17. The molecule has 1 saturated heterocycles. The molecule has 0 unspecified atom stereocenters. The number of rotatable bonds is 4. The molecule has 0 radical (unpaired) electrons. The van der Waals surface area contributed by atoms with Gasteiger partial charge in [-0.25, -0.2) is 0 Å². The van der Waals surface area contributed by atoms with E-state index in [1.165, 1.54) is 22.7 Å². The van der Waals surface area contributed by atoms with E-state index in [2.05, 4.69) is 41.4 Å². The molecule has 4 rings (SSSR count). The standard InChI is InChI=1S/C23H21N3OS/c1-16-10-12-18(13-11-16)14-24-25-23-26(22(27)17(2)28-23)15-20-8-5-7-19-6-3-4-9-21(19)20/h3-14,17H,15H2,1-2H3/b24-14-,25-23+/t17-/m1/s1. The number of aryl methyl sites for hydroxylation is 1. The van der Waals surface area contributed by atoms with Gasteiger partial charge in [0, 0.05) is 0 Å². The molecule has 5 heteroatoms. The molecule has 0 aromatic heterocycles. The van der Waals surface area contributed by atoms with Crippen LogP contribution in [-0.2, 0) is 11.3 Å². The van der Waals surface area contributed by atoms with E-state index in [1.54, 1.807) is 11.1 Å². The first-order valence-corrected chi connectivity index (χ1v) is 10.1. The number of fused-ring (bicyclic) bond motifs is 1. The second kappa shape index (κ2) is 7.98. The second-order valence-electron chi connectivity index (χ2n) is 6.86. The van der Waals surface area contributed by atoms with E-state index >= 15 is 0 Å². The lowest BCUT2D eigenvalue weighted by molar-refractivity contribution is -0.126. The molecule has 1 atom stereocenters. The highest BCUT2D eigenvalue weighted by atomic mass is 32.2. The van der Waals surface area contributed by atoms with E-state index < -0.39 is 0 Å². The summed E-state index contributed by atoms with van der Waals surface area (Å²) in [6, 6.07) is 22.5. The number of carbonyl (C=O) groups excluding carboxylic acids is 1. The Kier molecular flexibility index (Phi) is 5.26. The molecule has 0 N–H and O–H groups in total. The molecule has 1 aliphatic heterocycles. The van der Waals surface area contributed by atoms with Crippen LogP contribution in [0.4, 0.5) is 0 Å². The van der Waals surface area contributed by atoms with Crippen molar-refractivity contribution < 1.29 is 4.79 Å². The van der Waals surface area contributed by atoms with E-state index in [0.717, 1.165) is 16.5 Å². The van der Waals surface area contributed by atoms with Crippen molar-refractivity contribution in [3.63, 3.8) is 0 Å². The summed E-state index contributed by atoms with van der Waals surface area (Å²) in [5, 5.41) is 11.4. The Balaban J connectivity index is 1.60. The average Bonchev–Trinajstić information content (AvgIpc) is 2.97. The summed E-state index contributed by atoms with van der Waals surface area (Å²) in [6.45, 7) is 4.46. The zero-order chi connectivity index (χ0) is 19.5. The van der Waals surface area contributed by atoms with Gasteiger partial charge in [-0.15, -0.1) is 5.10 Å². The molecule has 140 valence electrons. The van der Waals surface area contributed by atoms with Gasteiger partial charge < -0.3 is 0 Å². The first-order chi connectivity index (χ1) is 13.6. The summed E-state index contributed by atoms with van der Waals surface area (Å²) < 4.78 is 0. The minimum Gasteiger partial charge on any atom is -0.284 e. The molecular formula is C23H21N3OS. The van der Waals surface area contributed by atoms with Crippen LogP contribution < -0.4 is 0 Å². The zero-order valence-corrected chi connectivity index (χ0v) is 16.7. The van der Waals surface area contributed by atoms with Gasteiger partial charge in [0.1, 0.15) is 0 Å². The number of thioether (sulfide) groups is 1. The minimum atomic E-state index is -0.150.